The van der Waals surface area contributed by atoms with Crippen LogP contribution in [-0.2, 0) is 18.6 Å². The highest BCUT2D eigenvalue weighted by molar-refractivity contribution is 5.79. The monoisotopic (exact) mass is 403 g/mol. The van der Waals surface area contributed by atoms with Crippen molar-refractivity contribution < 1.29 is 5.11 Å². The number of guanidine groups is 1. The number of hydrogen-bond donors (Lipinski definition) is 2. The number of fused-ring (bicyclic) bond motifs is 1. The van der Waals surface area contributed by atoms with Gasteiger partial charge in [0.1, 0.15) is 5.60 Å². The fourth-order valence-corrected chi connectivity index (χ4v) is 4.02. The van der Waals surface area contributed by atoms with Crippen molar-refractivity contribution in [3.63, 3.8) is 0 Å². The van der Waals surface area contributed by atoms with Crippen molar-refractivity contribution in [1.82, 2.24) is 20.0 Å². The summed E-state index contributed by atoms with van der Waals surface area (Å²) in [5, 5.41) is 19.0. The van der Waals surface area contributed by atoms with Crippen LogP contribution in [0.2, 0.25) is 0 Å². The Morgan fingerprint density at radius 1 is 1.20 bits per heavy atom. The lowest BCUT2D eigenvalue weighted by molar-refractivity contribution is 0.0483. The van der Waals surface area contributed by atoms with Gasteiger partial charge >= 0.3 is 0 Å². The van der Waals surface area contributed by atoms with E-state index in [1.807, 2.05) is 72.7 Å². The van der Waals surface area contributed by atoms with Crippen molar-refractivity contribution >= 4 is 5.96 Å². The van der Waals surface area contributed by atoms with Gasteiger partial charge in [0.2, 0.25) is 0 Å². The van der Waals surface area contributed by atoms with Crippen LogP contribution in [0.1, 0.15) is 30.0 Å². The van der Waals surface area contributed by atoms with Gasteiger partial charge < -0.3 is 15.3 Å². The minimum absolute atomic E-state index is 0.347. The molecule has 4 rings (SSSR count). The van der Waals surface area contributed by atoms with Gasteiger partial charge in [-0.25, -0.2) is 9.67 Å². The molecule has 1 aliphatic rings. The number of aliphatic imine (C=N–C) groups is 1. The van der Waals surface area contributed by atoms with Gasteiger partial charge in [0, 0.05) is 31.9 Å². The van der Waals surface area contributed by atoms with E-state index in [-0.39, 0.29) is 0 Å². The normalized spacial score (nSPS) is 18.3. The third kappa shape index (κ3) is 4.24. The van der Waals surface area contributed by atoms with E-state index in [4.69, 9.17) is 4.99 Å². The Morgan fingerprint density at radius 3 is 2.77 bits per heavy atom. The molecule has 30 heavy (non-hydrogen) atoms. The molecule has 1 aliphatic carbocycles. The molecule has 6 heteroatoms. The van der Waals surface area contributed by atoms with Crippen molar-refractivity contribution in [2.24, 2.45) is 4.99 Å². The Bertz CT molecular complexity index is 1010. The van der Waals surface area contributed by atoms with E-state index >= 15 is 0 Å². The van der Waals surface area contributed by atoms with Gasteiger partial charge in [-0.3, -0.25) is 0 Å². The number of nitrogens with zero attached hydrogens (tertiary/aromatic N) is 4. The number of nitrogens with one attached hydrogen (secondary N) is 1. The van der Waals surface area contributed by atoms with Crippen LogP contribution in [0.3, 0.4) is 0 Å². The SMILES string of the molecule is CCNC(=NCC1(O)CCc2ccccc21)N(C)Cc1cnn(-c2ccccc2)c1. The zero-order valence-electron chi connectivity index (χ0n) is 17.6. The van der Waals surface area contributed by atoms with Crippen LogP contribution in [0.4, 0.5) is 0 Å². The molecule has 1 heterocycles. The molecule has 0 radical (unpaired) electrons. The predicted octanol–water partition coefficient (Wildman–Crippen LogP) is 3.10. The number of aryl methyl sites for hydroxylation is 1. The topological polar surface area (TPSA) is 65.7 Å². The Balaban J connectivity index is 1.47. The Kier molecular flexibility index (Phi) is 5.86. The summed E-state index contributed by atoms with van der Waals surface area (Å²) in [7, 11) is 2.01. The molecular formula is C24H29N5O. The lowest BCUT2D eigenvalue weighted by Crippen LogP contribution is -2.40. The van der Waals surface area contributed by atoms with E-state index in [1.165, 1.54) is 5.56 Å². The molecule has 0 fully saturated rings. The molecule has 0 amide bonds. The molecule has 6 nitrogen and oxygen atoms in total. The maximum Gasteiger partial charge on any atom is 0.194 e. The summed E-state index contributed by atoms with van der Waals surface area (Å²) in [6.07, 6.45) is 5.53. The molecule has 0 spiro atoms. The average Bonchev–Trinajstić information content (AvgIpc) is 3.37. The minimum atomic E-state index is -0.893. The zero-order chi connectivity index (χ0) is 21.0. The fraction of sp³-hybridized carbons (Fsp3) is 0.333. The molecule has 0 aliphatic heterocycles. The van der Waals surface area contributed by atoms with Crippen LogP contribution in [0.25, 0.3) is 5.69 Å². The van der Waals surface area contributed by atoms with E-state index in [0.29, 0.717) is 19.5 Å². The van der Waals surface area contributed by atoms with Gasteiger partial charge in [0.05, 0.1) is 18.4 Å². The van der Waals surface area contributed by atoms with E-state index < -0.39 is 5.60 Å². The zero-order valence-corrected chi connectivity index (χ0v) is 17.6. The Morgan fingerprint density at radius 2 is 1.97 bits per heavy atom. The first-order chi connectivity index (χ1) is 14.6. The van der Waals surface area contributed by atoms with Crippen LogP contribution in [-0.4, -0.2) is 45.9 Å². The summed E-state index contributed by atoms with van der Waals surface area (Å²) >= 11 is 0. The van der Waals surface area contributed by atoms with E-state index in [2.05, 4.69) is 28.3 Å². The summed E-state index contributed by atoms with van der Waals surface area (Å²) in [6.45, 7) is 3.84. The van der Waals surface area contributed by atoms with Crippen molar-refractivity contribution in [3.05, 3.63) is 83.7 Å². The second kappa shape index (κ2) is 8.71. The maximum absolute atomic E-state index is 11.2. The van der Waals surface area contributed by atoms with Crippen molar-refractivity contribution in [2.45, 2.75) is 31.9 Å². The fourth-order valence-electron chi connectivity index (χ4n) is 4.02. The molecule has 0 saturated heterocycles. The molecule has 2 N–H and O–H groups in total. The number of aromatic nitrogens is 2. The third-order valence-electron chi connectivity index (χ3n) is 5.59. The standard InChI is InChI=1S/C24H29N5O/c1-3-25-23(26-18-24(30)14-13-20-9-7-8-12-22(20)24)28(2)16-19-15-27-29(17-19)21-10-5-4-6-11-21/h4-12,15,17,30H,3,13-14,16,18H2,1-2H3,(H,25,26). The van der Waals surface area contributed by atoms with E-state index in [1.54, 1.807) is 0 Å². The second-order valence-corrected chi connectivity index (χ2v) is 7.84. The molecule has 1 unspecified atom stereocenters. The summed E-state index contributed by atoms with van der Waals surface area (Å²) in [6, 6.07) is 18.2. The van der Waals surface area contributed by atoms with Crippen molar-refractivity contribution in [2.75, 3.05) is 20.1 Å². The highest BCUT2D eigenvalue weighted by Gasteiger charge is 2.36. The molecule has 156 valence electrons. The maximum atomic E-state index is 11.2. The van der Waals surface area contributed by atoms with Crippen LogP contribution < -0.4 is 5.32 Å². The first-order valence-corrected chi connectivity index (χ1v) is 10.5. The number of benzene rings is 2. The largest absolute Gasteiger partial charge is 0.383 e. The third-order valence-corrected chi connectivity index (χ3v) is 5.59. The van der Waals surface area contributed by atoms with Gasteiger partial charge in [-0.05, 0) is 43.0 Å². The highest BCUT2D eigenvalue weighted by atomic mass is 16.3. The van der Waals surface area contributed by atoms with Gasteiger partial charge in [-0.15, -0.1) is 0 Å². The quantitative estimate of drug-likeness (QED) is 0.490. The van der Waals surface area contributed by atoms with Crippen LogP contribution in [0, 0.1) is 0 Å². The summed E-state index contributed by atoms with van der Waals surface area (Å²) in [5.41, 5.74) is 3.47. The number of para-hydroxylation sites is 1. The van der Waals surface area contributed by atoms with Crippen molar-refractivity contribution in [1.29, 1.82) is 0 Å². The molecule has 2 aromatic carbocycles. The molecule has 1 aromatic heterocycles. The summed E-state index contributed by atoms with van der Waals surface area (Å²) in [4.78, 5) is 6.85. The first kappa shape index (κ1) is 20.2. The van der Waals surface area contributed by atoms with Crippen LogP contribution in [0.5, 0.6) is 0 Å². The molecule has 3 aromatic rings. The molecule has 0 bridgehead atoms. The highest BCUT2D eigenvalue weighted by Crippen LogP contribution is 2.36. The summed E-state index contributed by atoms with van der Waals surface area (Å²) < 4.78 is 1.88. The Labute approximate surface area is 177 Å². The smallest absolute Gasteiger partial charge is 0.194 e. The lowest BCUT2D eigenvalue weighted by Gasteiger charge is -2.25. The molecular weight excluding hydrogens is 374 g/mol. The van der Waals surface area contributed by atoms with Crippen LogP contribution >= 0.6 is 0 Å². The Hall–Kier alpha value is -3.12. The number of hydrogen-bond acceptors (Lipinski definition) is 3. The number of rotatable bonds is 6. The molecule has 0 saturated carbocycles. The van der Waals surface area contributed by atoms with E-state index in [0.717, 1.165) is 35.7 Å². The van der Waals surface area contributed by atoms with Gasteiger partial charge in [-0.2, -0.15) is 5.10 Å². The van der Waals surface area contributed by atoms with E-state index in [9.17, 15) is 5.11 Å². The summed E-state index contributed by atoms with van der Waals surface area (Å²) in [5.74, 6) is 0.780. The second-order valence-electron chi connectivity index (χ2n) is 7.84. The molecule has 1 atom stereocenters. The average molecular weight is 404 g/mol. The minimum Gasteiger partial charge on any atom is -0.383 e. The van der Waals surface area contributed by atoms with Gasteiger partial charge in [0.15, 0.2) is 5.96 Å². The first-order valence-electron chi connectivity index (χ1n) is 10.5. The van der Waals surface area contributed by atoms with Crippen LogP contribution in [0.15, 0.2) is 72.0 Å². The van der Waals surface area contributed by atoms with Gasteiger partial charge in [-0.1, -0.05) is 42.5 Å². The number of aliphatic hydroxyl groups is 1. The van der Waals surface area contributed by atoms with Gasteiger partial charge in [0.25, 0.3) is 0 Å². The predicted molar refractivity (Wildman–Crippen MR) is 120 cm³/mol. The lowest BCUT2D eigenvalue weighted by atomic mass is 9.96. The van der Waals surface area contributed by atoms with Crippen molar-refractivity contribution in [3.8, 4) is 5.69 Å².